The number of rotatable bonds is 5. The van der Waals surface area contributed by atoms with E-state index in [0.29, 0.717) is 13.0 Å². The number of hydrogen-bond donors (Lipinski definition) is 2. The lowest BCUT2D eigenvalue weighted by Crippen LogP contribution is -2.28. The molecule has 2 N–H and O–H groups in total. The fourth-order valence-electron chi connectivity index (χ4n) is 1.65. The number of aliphatic hydroxyl groups excluding tert-OH is 1. The van der Waals surface area contributed by atoms with E-state index >= 15 is 0 Å². The summed E-state index contributed by atoms with van der Waals surface area (Å²) in [5, 5.41) is 11.3. The van der Waals surface area contributed by atoms with Crippen molar-refractivity contribution in [3.63, 3.8) is 0 Å². The van der Waals surface area contributed by atoms with Gasteiger partial charge in [0.1, 0.15) is 6.54 Å². The first-order valence-corrected chi connectivity index (χ1v) is 5.58. The van der Waals surface area contributed by atoms with Crippen LogP contribution in [0.3, 0.4) is 0 Å². The Bertz CT molecular complexity index is 507. The highest BCUT2D eigenvalue weighted by atomic mass is 16.3. The van der Waals surface area contributed by atoms with E-state index < -0.39 is 0 Å². The predicted molar refractivity (Wildman–Crippen MR) is 64.4 cm³/mol. The van der Waals surface area contributed by atoms with Crippen molar-refractivity contribution in [3.05, 3.63) is 30.6 Å². The molecule has 17 heavy (non-hydrogen) atoms. The largest absolute Gasteiger partial charge is 0.396 e. The monoisotopic (exact) mass is 233 g/mol. The lowest BCUT2D eigenvalue weighted by atomic mass is 10.3. The first-order chi connectivity index (χ1) is 8.31. The fraction of sp³-hybridized carbons (Fsp3) is 0.333. The maximum atomic E-state index is 11.6. The molecule has 0 radical (unpaired) electrons. The molecular formula is C12H15N3O2. The molecule has 0 aliphatic carbocycles. The van der Waals surface area contributed by atoms with E-state index in [-0.39, 0.29) is 19.1 Å². The molecule has 1 heterocycles. The molecule has 90 valence electrons. The first-order valence-electron chi connectivity index (χ1n) is 5.58. The predicted octanol–water partition coefficient (Wildman–Crippen LogP) is 0.535. The lowest BCUT2D eigenvalue weighted by Gasteiger charge is -2.05. The van der Waals surface area contributed by atoms with Crippen molar-refractivity contribution in [2.24, 2.45) is 0 Å². The van der Waals surface area contributed by atoms with E-state index in [1.165, 1.54) is 0 Å². The molecule has 2 aromatic rings. The Kier molecular flexibility index (Phi) is 3.72. The number of nitrogens with zero attached hydrogens (tertiary/aromatic N) is 2. The summed E-state index contributed by atoms with van der Waals surface area (Å²) in [6, 6.07) is 7.68. The van der Waals surface area contributed by atoms with Crippen LogP contribution in [0.1, 0.15) is 6.42 Å². The lowest BCUT2D eigenvalue weighted by molar-refractivity contribution is -0.121. The van der Waals surface area contributed by atoms with E-state index in [4.69, 9.17) is 5.11 Å². The Labute approximate surface area is 99.1 Å². The van der Waals surface area contributed by atoms with Crippen molar-refractivity contribution in [1.29, 1.82) is 0 Å². The van der Waals surface area contributed by atoms with Gasteiger partial charge in [-0.25, -0.2) is 4.98 Å². The standard InChI is InChI=1S/C12H15N3O2/c16-7-3-6-13-12(17)8-15-9-14-10-4-1-2-5-11(10)15/h1-2,4-5,9,16H,3,6-8H2,(H,13,17). The molecule has 5 heteroatoms. The van der Waals surface area contributed by atoms with Crippen LogP contribution in [0.5, 0.6) is 0 Å². The number of hydrogen-bond acceptors (Lipinski definition) is 3. The van der Waals surface area contributed by atoms with Gasteiger partial charge in [-0.2, -0.15) is 0 Å². The van der Waals surface area contributed by atoms with Crippen LogP contribution in [0.2, 0.25) is 0 Å². The minimum Gasteiger partial charge on any atom is -0.396 e. The Morgan fingerprint density at radius 1 is 1.41 bits per heavy atom. The number of fused-ring (bicyclic) bond motifs is 1. The molecule has 0 atom stereocenters. The summed E-state index contributed by atoms with van der Waals surface area (Å²) < 4.78 is 1.81. The molecule has 0 spiro atoms. The number of nitrogens with one attached hydrogen (secondary N) is 1. The van der Waals surface area contributed by atoms with Crippen molar-refractivity contribution in [3.8, 4) is 0 Å². The van der Waals surface area contributed by atoms with Gasteiger partial charge in [-0.05, 0) is 18.6 Å². The molecule has 5 nitrogen and oxygen atoms in total. The van der Waals surface area contributed by atoms with Crippen LogP contribution in [0, 0.1) is 0 Å². The molecule has 2 rings (SSSR count). The van der Waals surface area contributed by atoms with E-state index in [1.54, 1.807) is 6.33 Å². The quantitative estimate of drug-likeness (QED) is 0.740. The van der Waals surface area contributed by atoms with E-state index in [1.807, 2.05) is 28.8 Å². The average Bonchev–Trinajstić information content (AvgIpc) is 2.73. The van der Waals surface area contributed by atoms with Gasteiger partial charge in [-0.1, -0.05) is 12.1 Å². The second-order valence-corrected chi connectivity index (χ2v) is 3.79. The summed E-state index contributed by atoms with van der Waals surface area (Å²) in [4.78, 5) is 15.8. The SMILES string of the molecule is O=C(Cn1cnc2ccccc21)NCCCO. The normalized spacial score (nSPS) is 10.6. The molecule has 0 fully saturated rings. The van der Waals surface area contributed by atoms with Crippen molar-refractivity contribution < 1.29 is 9.90 Å². The van der Waals surface area contributed by atoms with E-state index in [9.17, 15) is 4.79 Å². The Balaban J connectivity index is 2.01. The molecule has 1 aromatic heterocycles. The van der Waals surface area contributed by atoms with Gasteiger partial charge in [0.05, 0.1) is 17.4 Å². The number of carbonyl (C=O) groups excluding carboxylic acids is 1. The number of para-hydroxylation sites is 2. The Hall–Kier alpha value is -1.88. The van der Waals surface area contributed by atoms with Gasteiger partial charge >= 0.3 is 0 Å². The van der Waals surface area contributed by atoms with Gasteiger partial charge in [0.25, 0.3) is 0 Å². The van der Waals surface area contributed by atoms with Crippen molar-refractivity contribution in [1.82, 2.24) is 14.9 Å². The second kappa shape index (κ2) is 5.45. The van der Waals surface area contributed by atoms with Crippen LogP contribution in [0.15, 0.2) is 30.6 Å². The van der Waals surface area contributed by atoms with Crippen LogP contribution in [0.4, 0.5) is 0 Å². The summed E-state index contributed by atoms with van der Waals surface area (Å²) in [7, 11) is 0. The van der Waals surface area contributed by atoms with Crippen molar-refractivity contribution in [2.45, 2.75) is 13.0 Å². The molecule has 1 aromatic carbocycles. The number of aliphatic hydroxyl groups is 1. The maximum absolute atomic E-state index is 11.6. The second-order valence-electron chi connectivity index (χ2n) is 3.79. The van der Waals surface area contributed by atoms with Gasteiger partial charge in [-0.15, -0.1) is 0 Å². The topological polar surface area (TPSA) is 67.2 Å². The Morgan fingerprint density at radius 2 is 2.24 bits per heavy atom. The van der Waals surface area contributed by atoms with Crippen LogP contribution in [-0.4, -0.2) is 33.7 Å². The zero-order valence-corrected chi connectivity index (χ0v) is 9.47. The summed E-state index contributed by atoms with van der Waals surface area (Å²) in [6.45, 7) is 0.849. The van der Waals surface area contributed by atoms with Gasteiger partial charge < -0.3 is 15.0 Å². The molecule has 0 aliphatic heterocycles. The molecule has 0 saturated carbocycles. The maximum Gasteiger partial charge on any atom is 0.239 e. The van der Waals surface area contributed by atoms with Crippen LogP contribution in [-0.2, 0) is 11.3 Å². The highest BCUT2D eigenvalue weighted by Gasteiger charge is 2.05. The first kappa shape index (κ1) is 11.6. The van der Waals surface area contributed by atoms with Crippen LogP contribution >= 0.6 is 0 Å². The zero-order valence-electron chi connectivity index (χ0n) is 9.47. The molecular weight excluding hydrogens is 218 g/mol. The molecule has 0 bridgehead atoms. The minimum absolute atomic E-state index is 0.0680. The smallest absolute Gasteiger partial charge is 0.239 e. The van der Waals surface area contributed by atoms with Gasteiger partial charge in [0.2, 0.25) is 5.91 Å². The summed E-state index contributed by atoms with van der Waals surface area (Å²) in [5.74, 6) is -0.0680. The average molecular weight is 233 g/mol. The summed E-state index contributed by atoms with van der Waals surface area (Å²) >= 11 is 0. The Morgan fingerprint density at radius 3 is 3.06 bits per heavy atom. The fourth-order valence-corrected chi connectivity index (χ4v) is 1.65. The number of aromatic nitrogens is 2. The van der Waals surface area contributed by atoms with Crippen molar-refractivity contribution >= 4 is 16.9 Å². The molecule has 1 amide bonds. The van der Waals surface area contributed by atoms with Crippen LogP contribution in [0.25, 0.3) is 11.0 Å². The third-order valence-corrected chi connectivity index (χ3v) is 2.50. The highest BCUT2D eigenvalue weighted by Crippen LogP contribution is 2.11. The highest BCUT2D eigenvalue weighted by molar-refractivity contribution is 5.80. The van der Waals surface area contributed by atoms with Gasteiger partial charge in [0, 0.05) is 13.2 Å². The summed E-state index contributed by atoms with van der Waals surface area (Å²) in [6.07, 6.45) is 2.24. The zero-order chi connectivity index (χ0) is 12.1. The molecule has 0 aliphatic rings. The minimum atomic E-state index is -0.0680. The number of carbonyl (C=O) groups is 1. The molecule has 0 saturated heterocycles. The summed E-state index contributed by atoms with van der Waals surface area (Å²) in [5.41, 5.74) is 1.83. The van der Waals surface area contributed by atoms with Gasteiger partial charge in [-0.3, -0.25) is 4.79 Å². The van der Waals surface area contributed by atoms with Crippen LogP contribution < -0.4 is 5.32 Å². The van der Waals surface area contributed by atoms with E-state index in [0.717, 1.165) is 11.0 Å². The molecule has 0 unspecified atom stereocenters. The number of benzene rings is 1. The number of imidazole rings is 1. The van der Waals surface area contributed by atoms with E-state index in [2.05, 4.69) is 10.3 Å². The number of amides is 1. The third-order valence-electron chi connectivity index (χ3n) is 2.50. The third kappa shape index (κ3) is 2.82. The van der Waals surface area contributed by atoms with Gasteiger partial charge in [0.15, 0.2) is 0 Å². The van der Waals surface area contributed by atoms with Crippen molar-refractivity contribution in [2.75, 3.05) is 13.2 Å².